The first-order valence-electron chi connectivity index (χ1n) is 7.06. The van der Waals surface area contributed by atoms with Crippen molar-refractivity contribution in [1.82, 2.24) is 9.12 Å². The predicted molar refractivity (Wildman–Crippen MR) is 72.8 cm³/mol. The minimum atomic E-state index is 0. The summed E-state index contributed by atoms with van der Waals surface area (Å²) in [5, 5.41) is 3.02. The SMILES string of the molecule is CCCCC1CCC(C)(C)CC1NC=O.O=C[NH][Ti+2].[Cl-].[Cl-]. The van der Waals surface area contributed by atoms with Gasteiger partial charge in [0.05, 0.1) is 0 Å². The van der Waals surface area contributed by atoms with Crippen LogP contribution in [0, 0.1) is 11.3 Å². The van der Waals surface area contributed by atoms with Crippen molar-refractivity contribution in [3.8, 4) is 0 Å². The average molecular weight is 374 g/mol. The van der Waals surface area contributed by atoms with Crippen LogP contribution in [-0.2, 0) is 30.3 Å². The second-order valence-corrected chi connectivity index (χ2v) is 6.41. The maximum absolute atomic E-state index is 10.6. The number of hydrogen-bond acceptors (Lipinski definition) is 2. The number of rotatable bonds is 6. The Hall–Kier alpha value is 0.234. The first-order chi connectivity index (χ1) is 9.00. The number of halogens is 2. The number of carbonyl (C=O) groups is 2. The van der Waals surface area contributed by atoms with Gasteiger partial charge in [-0.1, -0.05) is 33.6 Å². The van der Waals surface area contributed by atoms with Crippen LogP contribution in [0.1, 0.15) is 59.3 Å². The molecule has 0 saturated heterocycles. The zero-order valence-electron chi connectivity index (χ0n) is 13.1. The molecule has 1 saturated carbocycles. The van der Waals surface area contributed by atoms with E-state index < -0.39 is 0 Å². The van der Waals surface area contributed by atoms with E-state index in [1.54, 1.807) is 20.7 Å². The Kier molecular flexibility index (Phi) is 18.9. The molecule has 1 aliphatic carbocycles. The molecule has 0 spiro atoms. The van der Waals surface area contributed by atoms with Crippen molar-refractivity contribution >= 4 is 12.8 Å². The number of unbranched alkanes of at least 4 members (excludes halogenated alkanes) is 1. The first kappa shape index (κ1) is 26.1. The van der Waals surface area contributed by atoms with Gasteiger partial charge < -0.3 is 30.1 Å². The molecule has 123 valence electrons. The monoisotopic (exact) mass is 373 g/mol. The molecule has 4 nitrogen and oxygen atoms in total. The normalized spacial score (nSPS) is 22.3. The molecule has 0 aromatic rings. The van der Waals surface area contributed by atoms with E-state index in [0.717, 1.165) is 12.8 Å². The summed E-state index contributed by atoms with van der Waals surface area (Å²) < 4.78 is 2.25. The quantitative estimate of drug-likeness (QED) is 0.372. The van der Waals surface area contributed by atoms with Crippen LogP contribution >= 0.6 is 0 Å². The molecule has 2 N–H and O–H groups in total. The third-order valence-corrected chi connectivity index (χ3v) is 3.99. The number of carbonyl (C=O) groups excluding carboxylic acids is 2. The zero-order valence-corrected chi connectivity index (χ0v) is 16.2. The molecule has 0 aromatic heterocycles. The number of amides is 2. The van der Waals surface area contributed by atoms with E-state index in [2.05, 4.69) is 29.9 Å². The summed E-state index contributed by atoms with van der Waals surface area (Å²) in [5.41, 5.74) is 0.406. The summed E-state index contributed by atoms with van der Waals surface area (Å²) in [6, 6.07) is 0.415. The molecule has 2 amide bonds. The Labute approximate surface area is 153 Å². The molecule has 1 fully saturated rings. The molecule has 1 rings (SSSR count). The average Bonchev–Trinajstić information content (AvgIpc) is 2.38. The summed E-state index contributed by atoms with van der Waals surface area (Å²) >= 11 is 1.56. The van der Waals surface area contributed by atoms with Crippen molar-refractivity contribution in [1.29, 1.82) is 0 Å². The molecule has 2 atom stereocenters. The van der Waals surface area contributed by atoms with Gasteiger partial charge in [0, 0.05) is 6.04 Å². The Balaban J connectivity index is -0.000000482. The molecular formula is C14H27Cl2N2O2Ti. The van der Waals surface area contributed by atoms with Gasteiger partial charge in [-0.05, 0) is 37.0 Å². The van der Waals surface area contributed by atoms with Crippen molar-refractivity contribution in [2.24, 2.45) is 11.3 Å². The van der Waals surface area contributed by atoms with Crippen LogP contribution in [0.15, 0.2) is 0 Å². The van der Waals surface area contributed by atoms with E-state index in [1.807, 2.05) is 0 Å². The van der Waals surface area contributed by atoms with Gasteiger partial charge in [0.15, 0.2) is 0 Å². The maximum atomic E-state index is 10.6. The minimum Gasteiger partial charge on any atom is -1.00 e. The smallest absolute Gasteiger partial charge is 1.00 e. The van der Waals surface area contributed by atoms with Crippen LogP contribution in [0.2, 0.25) is 0 Å². The van der Waals surface area contributed by atoms with Gasteiger partial charge in [0.1, 0.15) is 0 Å². The molecule has 0 radical (unpaired) electrons. The molecule has 0 aliphatic heterocycles. The molecule has 0 aromatic carbocycles. The summed E-state index contributed by atoms with van der Waals surface area (Å²) in [6.07, 6.45) is 9.05. The van der Waals surface area contributed by atoms with Gasteiger partial charge in [0.25, 0.3) is 0 Å². The molecule has 1 aliphatic rings. The summed E-state index contributed by atoms with van der Waals surface area (Å²) in [6.45, 7) is 6.85. The Morgan fingerprint density at radius 2 is 1.81 bits per heavy atom. The van der Waals surface area contributed by atoms with Crippen LogP contribution in [0.4, 0.5) is 0 Å². The van der Waals surface area contributed by atoms with Crippen molar-refractivity contribution in [2.45, 2.75) is 65.3 Å². The van der Waals surface area contributed by atoms with Crippen molar-refractivity contribution in [2.75, 3.05) is 0 Å². The third kappa shape index (κ3) is 12.5. The fraction of sp³-hybridized carbons (Fsp3) is 0.857. The van der Waals surface area contributed by atoms with Crippen LogP contribution in [0.5, 0.6) is 0 Å². The van der Waals surface area contributed by atoms with E-state index in [9.17, 15) is 4.79 Å². The Morgan fingerprint density at radius 1 is 1.24 bits per heavy atom. The second kappa shape index (κ2) is 15.1. The van der Waals surface area contributed by atoms with Gasteiger partial charge in [-0.3, -0.25) is 4.79 Å². The first-order valence-corrected chi connectivity index (χ1v) is 7.84. The molecule has 7 heteroatoms. The van der Waals surface area contributed by atoms with E-state index in [0.29, 0.717) is 23.8 Å². The fourth-order valence-electron chi connectivity index (χ4n) is 2.74. The van der Waals surface area contributed by atoms with E-state index in [1.165, 1.54) is 32.1 Å². The van der Waals surface area contributed by atoms with Gasteiger partial charge >= 0.3 is 35.7 Å². The summed E-state index contributed by atoms with van der Waals surface area (Å²) in [4.78, 5) is 19.7. The summed E-state index contributed by atoms with van der Waals surface area (Å²) in [7, 11) is 0. The molecular weight excluding hydrogens is 347 g/mol. The molecule has 0 heterocycles. The van der Waals surface area contributed by atoms with Crippen LogP contribution in [0.25, 0.3) is 0 Å². The van der Waals surface area contributed by atoms with E-state index >= 15 is 0 Å². The predicted octanol–water partition coefficient (Wildman–Crippen LogP) is -3.68. The molecule has 0 bridgehead atoms. The van der Waals surface area contributed by atoms with Crippen LogP contribution < -0.4 is 33.9 Å². The van der Waals surface area contributed by atoms with Gasteiger partial charge in [0.2, 0.25) is 6.41 Å². The standard InChI is InChI=1S/C13H25NO.CH3NO.2ClH.Ti/c1-4-5-6-11-7-8-13(2,3)9-12(11)14-10-15;2-1-3;;;/h10-12H,4-9H2,1-3H3,(H,14,15);1H,(H2,2,3);2*1H;/q;;;;+3/p-3. The van der Waals surface area contributed by atoms with Gasteiger partial charge in [-0.2, -0.15) is 0 Å². The number of hydrogen-bond donors (Lipinski definition) is 2. The minimum absolute atomic E-state index is 0. The molecule has 2 unspecified atom stereocenters. The number of nitrogens with one attached hydrogen (secondary N) is 2. The van der Waals surface area contributed by atoms with Gasteiger partial charge in [-0.25, -0.2) is 0 Å². The fourth-order valence-corrected chi connectivity index (χ4v) is 2.74. The van der Waals surface area contributed by atoms with Crippen molar-refractivity contribution < 1.29 is 55.1 Å². The Morgan fingerprint density at radius 3 is 2.24 bits per heavy atom. The topological polar surface area (TPSA) is 58.2 Å². The zero-order chi connectivity index (χ0) is 14.7. The maximum Gasteiger partial charge on any atom is -1.00 e. The second-order valence-electron chi connectivity index (χ2n) is 5.96. The van der Waals surface area contributed by atoms with Crippen molar-refractivity contribution in [3.05, 3.63) is 0 Å². The Bertz CT molecular complexity index is 269. The third-order valence-electron chi connectivity index (χ3n) is 3.80. The largest absolute Gasteiger partial charge is 1.00 e. The van der Waals surface area contributed by atoms with Crippen LogP contribution in [-0.4, -0.2) is 18.9 Å². The van der Waals surface area contributed by atoms with Crippen molar-refractivity contribution in [3.63, 3.8) is 0 Å². The summed E-state index contributed by atoms with van der Waals surface area (Å²) in [5.74, 6) is 0.711. The molecule has 21 heavy (non-hydrogen) atoms. The van der Waals surface area contributed by atoms with E-state index in [-0.39, 0.29) is 24.8 Å². The van der Waals surface area contributed by atoms with Crippen LogP contribution in [0.3, 0.4) is 0 Å². The van der Waals surface area contributed by atoms with Gasteiger partial charge in [-0.15, -0.1) is 0 Å². The van der Waals surface area contributed by atoms with E-state index in [4.69, 9.17) is 4.79 Å².